The molecule has 0 aliphatic rings. The number of rotatable bonds is 6. The van der Waals surface area contributed by atoms with E-state index in [4.69, 9.17) is 16.3 Å². The number of nitrogens with one attached hydrogen (secondary N) is 1. The van der Waals surface area contributed by atoms with Crippen LogP contribution in [0.2, 0.25) is 5.02 Å². The van der Waals surface area contributed by atoms with Crippen LogP contribution in [0.4, 0.5) is 5.13 Å². The molecular weight excluding hydrogens is 320 g/mol. The van der Waals surface area contributed by atoms with Gasteiger partial charge in [0.2, 0.25) is 0 Å². The highest BCUT2D eigenvalue weighted by molar-refractivity contribution is 7.17. The van der Waals surface area contributed by atoms with Crippen molar-refractivity contribution in [3.8, 4) is 0 Å². The molecule has 1 aromatic carbocycles. The summed E-state index contributed by atoms with van der Waals surface area (Å²) >= 11 is 7.18. The molecule has 6 heteroatoms. The van der Waals surface area contributed by atoms with E-state index in [1.54, 1.807) is 0 Å². The molecule has 1 N–H and O–H groups in total. The summed E-state index contributed by atoms with van der Waals surface area (Å²) in [5.74, 6) is 0.0166. The van der Waals surface area contributed by atoms with Crippen molar-refractivity contribution < 1.29 is 9.53 Å². The van der Waals surface area contributed by atoms with Crippen molar-refractivity contribution in [2.75, 3.05) is 11.9 Å². The molecule has 0 saturated heterocycles. The Morgan fingerprint density at radius 1 is 1.36 bits per heavy atom. The molecule has 2 aromatic rings. The van der Waals surface area contributed by atoms with Gasteiger partial charge < -0.3 is 10.1 Å². The number of ether oxygens (including phenoxy) is 1. The smallest absolute Gasteiger partial charge is 0.350 e. The largest absolute Gasteiger partial charge is 0.461 e. The first kappa shape index (κ1) is 16.8. The van der Waals surface area contributed by atoms with Gasteiger partial charge in [0.1, 0.15) is 4.88 Å². The Bertz CT molecular complexity index is 638. The lowest BCUT2D eigenvalue weighted by molar-refractivity contribution is 0.0463. The minimum atomic E-state index is -0.303. The molecule has 0 unspecified atom stereocenters. The number of benzene rings is 1. The van der Waals surface area contributed by atoms with Gasteiger partial charge in [-0.3, -0.25) is 0 Å². The van der Waals surface area contributed by atoms with E-state index in [1.165, 1.54) is 11.3 Å². The normalized spacial score (nSPS) is 10.8. The summed E-state index contributed by atoms with van der Waals surface area (Å²) in [6.07, 6.45) is 0. The lowest BCUT2D eigenvalue weighted by atomic mass is 10.2. The maximum absolute atomic E-state index is 12.0. The number of hydrogen-bond donors (Lipinski definition) is 1. The Labute approximate surface area is 139 Å². The molecule has 0 bridgehead atoms. The molecule has 118 valence electrons. The molecule has 1 aromatic heterocycles. The van der Waals surface area contributed by atoms with E-state index in [0.717, 1.165) is 5.56 Å². The Hall–Kier alpha value is -1.59. The molecule has 0 saturated carbocycles. The molecule has 0 aliphatic carbocycles. The van der Waals surface area contributed by atoms with Gasteiger partial charge in [-0.1, -0.05) is 48.9 Å². The van der Waals surface area contributed by atoms with Crippen LogP contribution in [0.15, 0.2) is 24.3 Å². The maximum Gasteiger partial charge on any atom is 0.350 e. The van der Waals surface area contributed by atoms with Gasteiger partial charge in [0, 0.05) is 11.6 Å². The van der Waals surface area contributed by atoms with Crippen molar-refractivity contribution in [1.29, 1.82) is 0 Å². The molecule has 4 nitrogen and oxygen atoms in total. The summed E-state index contributed by atoms with van der Waals surface area (Å²) in [6.45, 7) is 6.88. The number of carbonyl (C=O) groups excluding carboxylic acids is 1. The maximum atomic E-state index is 12.0. The zero-order chi connectivity index (χ0) is 16.1. The van der Waals surface area contributed by atoms with Crippen molar-refractivity contribution in [3.63, 3.8) is 0 Å². The monoisotopic (exact) mass is 338 g/mol. The molecule has 0 fully saturated rings. The number of thiazole rings is 1. The molecule has 0 radical (unpaired) electrons. The third kappa shape index (κ3) is 4.71. The number of anilines is 1. The van der Waals surface area contributed by atoms with E-state index >= 15 is 0 Å². The van der Waals surface area contributed by atoms with Crippen molar-refractivity contribution in [2.24, 2.45) is 5.92 Å². The van der Waals surface area contributed by atoms with Crippen LogP contribution >= 0.6 is 22.9 Å². The molecule has 0 spiro atoms. The fourth-order valence-corrected chi connectivity index (χ4v) is 2.73. The third-order valence-corrected chi connectivity index (χ3v) is 4.23. The molecule has 0 amide bonds. The second-order valence-corrected chi connectivity index (χ2v) is 6.84. The molecule has 1 heterocycles. The second-order valence-electron chi connectivity index (χ2n) is 5.41. The average molecular weight is 339 g/mol. The predicted molar refractivity (Wildman–Crippen MR) is 90.8 cm³/mol. The van der Waals surface area contributed by atoms with Gasteiger partial charge in [0.15, 0.2) is 5.13 Å². The van der Waals surface area contributed by atoms with Crippen LogP contribution in [0.5, 0.6) is 0 Å². The molecular formula is C16H19ClN2O2S. The molecule has 0 atom stereocenters. The number of hydrogen-bond acceptors (Lipinski definition) is 5. The lowest BCUT2D eigenvalue weighted by Gasteiger charge is -2.05. The van der Waals surface area contributed by atoms with Crippen LogP contribution in [-0.2, 0) is 11.3 Å². The van der Waals surface area contributed by atoms with E-state index in [0.29, 0.717) is 39.8 Å². The van der Waals surface area contributed by atoms with Gasteiger partial charge in [-0.15, -0.1) is 0 Å². The highest BCUT2D eigenvalue weighted by atomic mass is 35.5. The average Bonchev–Trinajstić information content (AvgIpc) is 2.85. The summed E-state index contributed by atoms with van der Waals surface area (Å²) < 4.78 is 5.25. The van der Waals surface area contributed by atoms with Crippen LogP contribution < -0.4 is 5.32 Å². The number of aromatic nitrogens is 1. The summed E-state index contributed by atoms with van der Waals surface area (Å²) in [5, 5.41) is 4.64. The van der Waals surface area contributed by atoms with Crippen LogP contribution in [0, 0.1) is 12.8 Å². The van der Waals surface area contributed by atoms with Crippen molar-refractivity contribution in [2.45, 2.75) is 27.3 Å². The fourth-order valence-electron chi connectivity index (χ4n) is 1.75. The van der Waals surface area contributed by atoms with E-state index in [9.17, 15) is 4.79 Å². The topological polar surface area (TPSA) is 51.2 Å². The van der Waals surface area contributed by atoms with E-state index in [2.05, 4.69) is 10.3 Å². The first-order valence-electron chi connectivity index (χ1n) is 7.08. The van der Waals surface area contributed by atoms with Crippen LogP contribution in [0.25, 0.3) is 0 Å². The number of nitrogens with zero attached hydrogens (tertiary/aromatic N) is 1. The Kier molecular flexibility index (Phi) is 5.80. The molecule has 2 rings (SSSR count). The highest BCUT2D eigenvalue weighted by Gasteiger charge is 2.17. The minimum Gasteiger partial charge on any atom is -0.461 e. The van der Waals surface area contributed by atoms with Crippen LogP contribution in [-0.4, -0.2) is 17.6 Å². The molecule has 0 aliphatic heterocycles. The minimum absolute atomic E-state index is 0.303. The number of carbonyl (C=O) groups is 1. The Balaban J connectivity index is 1.97. The summed E-state index contributed by atoms with van der Waals surface area (Å²) in [5.41, 5.74) is 1.79. The summed E-state index contributed by atoms with van der Waals surface area (Å²) in [6, 6.07) is 7.60. The van der Waals surface area contributed by atoms with Gasteiger partial charge in [0.25, 0.3) is 0 Å². The van der Waals surface area contributed by atoms with Crippen LogP contribution in [0.3, 0.4) is 0 Å². The zero-order valence-corrected chi connectivity index (χ0v) is 14.4. The fraction of sp³-hybridized carbons (Fsp3) is 0.375. The summed E-state index contributed by atoms with van der Waals surface area (Å²) in [4.78, 5) is 16.9. The van der Waals surface area contributed by atoms with Gasteiger partial charge in [-0.05, 0) is 30.5 Å². The van der Waals surface area contributed by atoms with Crippen LogP contribution in [0.1, 0.15) is 34.8 Å². The SMILES string of the molecule is Cc1nc(NCc2ccc(Cl)cc2)sc1C(=O)OCC(C)C. The molecule has 22 heavy (non-hydrogen) atoms. The van der Waals surface area contributed by atoms with Crippen molar-refractivity contribution in [1.82, 2.24) is 4.98 Å². The number of aryl methyl sites for hydroxylation is 1. The summed E-state index contributed by atoms with van der Waals surface area (Å²) in [7, 11) is 0. The second kappa shape index (κ2) is 7.61. The highest BCUT2D eigenvalue weighted by Crippen LogP contribution is 2.24. The third-order valence-electron chi connectivity index (χ3n) is 2.89. The standard InChI is InChI=1S/C16H19ClN2O2S/c1-10(2)9-21-15(20)14-11(3)19-16(22-14)18-8-12-4-6-13(17)7-5-12/h4-7,10H,8-9H2,1-3H3,(H,18,19). The van der Waals surface area contributed by atoms with E-state index in [-0.39, 0.29) is 5.97 Å². The first-order valence-corrected chi connectivity index (χ1v) is 8.28. The lowest BCUT2D eigenvalue weighted by Crippen LogP contribution is -2.09. The van der Waals surface area contributed by atoms with Gasteiger partial charge in [0.05, 0.1) is 12.3 Å². The quantitative estimate of drug-likeness (QED) is 0.786. The van der Waals surface area contributed by atoms with Gasteiger partial charge in [-0.2, -0.15) is 0 Å². The zero-order valence-electron chi connectivity index (χ0n) is 12.9. The Morgan fingerprint density at radius 2 is 2.05 bits per heavy atom. The number of esters is 1. The number of halogens is 1. The van der Waals surface area contributed by atoms with Crippen molar-refractivity contribution in [3.05, 3.63) is 45.4 Å². The van der Waals surface area contributed by atoms with E-state index in [1.807, 2.05) is 45.0 Å². The Morgan fingerprint density at radius 3 is 2.68 bits per heavy atom. The predicted octanol–water partition coefficient (Wildman–Crippen LogP) is 4.53. The van der Waals surface area contributed by atoms with Crippen molar-refractivity contribution >= 4 is 34.0 Å². The van der Waals surface area contributed by atoms with Gasteiger partial charge in [-0.25, -0.2) is 9.78 Å². The van der Waals surface area contributed by atoms with E-state index < -0.39 is 0 Å². The van der Waals surface area contributed by atoms with Gasteiger partial charge >= 0.3 is 5.97 Å². The first-order chi connectivity index (χ1) is 10.5.